The van der Waals surface area contributed by atoms with Gasteiger partial charge >= 0.3 is 11.7 Å². The van der Waals surface area contributed by atoms with Crippen LogP contribution in [0.25, 0.3) is 0 Å². The molecule has 10 heteroatoms. The van der Waals surface area contributed by atoms with Gasteiger partial charge in [0, 0.05) is 12.3 Å². The largest absolute Gasteiger partial charge is 0.376 e. The number of aryl methyl sites for hydroxylation is 2. The predicted octanol–water partition coefficient (Wildman–Crippen LogP) is 1.81. The lowest BCUT2D eigenvalue weighted by molar-refractivity contribution is -0.117. The molecule has 2 aromatic rings. The molecule has 0 radical (unpaired) electrons. The Morgan fingerprint density at radius 2 is 2.21 bits per heavy atom. The number of urea groups is 1. The molecule has 150 valence electrons. The van der Waals surface area contributed by atoms with Crippen molar-refractivity contribution in [3.05, 3.63) is 39.8 Å². The molecular formula is C18H23N5O4S. The van der Waals surface area contributed by atoms with E-state index in [4.69, 9.17) is 4.74 Å². The zero-order valence-corrected chi connectivity index (χ0v) is 16.6. The van der Waals surface area contributed by atoms with E-state index in [1.807, 2.05) is 26.0 Å². The van der Waals surface area contributed by atoms with E-state index in [-0.39, 0.29) is 17.5 Å². The molecule has 1 aliphatic heterocycles. The third kappa shape index (κ3) is 5.23. The fourth-order valence-electron chi connectivity index (χ4n) is 2.97. The van der Waals surface area contributed by atoms with E-state index in [9.17, 15) is 14.4 Å². The molecule has 1 aromatic carbocycles. The van der Waals surface area contributed by atoms with Crippen LogP contribution in [0.15, 0.2) is 28.2 Å². The van der Waals surface area contributed by atoms with Crippen molar-refractivity contribution in [2.45, 2.75) is 44.5 Å². The molecule has 1 atom stereocenters. The first-order valence-corrected chi connectivity index (χ1v) is 9.98. The highest BCUT2D eigenvalue weighted by Crippen LogP contribution is 2.18. The van der Waals surface area contributed by atoms with Crippen LogP contribution >= 0.6 is 11.8 Å². The molecule has 3 rings (SSSR count). The van der Waals surface area contributed by atoms with Crippen LogP contribution in [-0.2, 0) is 16.1 Å². The number of amides is 3. The van der Waals surface area contributed by atoms with E-state index in [0.717, 1.165) is 35.7 Å². The molecule has 0 spiro atoms. The maximum absolute atomic E-state index is 12.1. The number of H-pyrrole nitrogens is 1. The van der Waals surface area contributed by atoms with E-state index < -0.39 is 11.9 Å². The van der Waals surface area contributed by atoms with Crippen LogP contribution in [0.1, 0.15) is 24.0 Å². The fraction of sp³-hybridized carbons (Fsp3) is 0.444. The molecule has 1 aromatic heterocycles. The predicted molar refractivity (Wildman–Crippen MR) is 106 cm³/mol. The smallest absolute Gasteiger partial charge is 0.344 e. The number of rotatable bonds is 6. The molecule has 3 N–H and O–H groups in total. The summed E-state index contributed by atoms with van der Waals surface area (Å²) in [5, 5.41) is 11.7. The van der Waals surface area contributed by atoms with Gasteiger partial charge in [-0.3, -0.25) is 14.7 Å². The number of benzene rings is 1. The number of aromatic amines is 1. The summed E-state index contributed by atoms with van der Waals surface area (Å²) in [5.41, 5.74) is 2.29. The summed E-state index contributed by atoms with van der Waals surface area (Å²) < 4.78 is 7.01. The normalized spacial score (nSPS) is 16.1. The lowest BCUT2D eigenvalue weighted by atomic mass is 10.1. The number of aromatic nitrogens is 3. The summed E-state index contributed by atoms with van der Waals surface area (Å²) in [4.78, 5) is 36.0. The van der Waals surface area contributed by atoms with Crippen molar-refractivity contribution in [3.63, 3.8) is 0 Å². The highest BCUT2D eigenvalue weighted by molar-refractivity contribution is 7.99. The molecule has 2 heterocycles. The van der Waals surface area contributed by atoms with Crippen molar-refractivity contribution in [1.29, 1.82) is 0 Å². The molecule has 1 aliphatic rings. The summed E-state index contributed by atoms with van der Waals surface area (Å²) in [6.45, 7) is 4.93. The van der Waals surface area contributed by atoms with E-state index in [0.29, 0.717) is 24.0 Å². The average molecular weight is 405 g/mol. The Kier molecular flexibility index (Phi) is 6.53. The minimum atomic E-state index is -0.601. The molecule has 1 fully saturated rings. The molecule has 0 aliphatic carbocycles. The van der Waals surface area contributed by atoms with Gasteiger partial charge in [0.25, 0.3) is 0 Å². The van der Waals surface area contributed by atoms with Crippen LogP contribution < -0.4 is 16.3 Å². The van der Waals surface area contributed by atoms with Gasteiger partial charge < -0.3 is 10.1 Å². The number of imide groups is 1. The lowest BCUT2D eigenvalue weighted by Crippen LogP contribution is -2.35. The van der Waals surface area contributed by atoms with Crippen LogP contribution in [0.5, 0.6) is 0 Å². The van der Waals surface area contributed by atoms with Crippen molar-refractivity contribution in [2.24, 2.45) is 0 Å². The fourth-order valence-corrected chi connectivity index (χ4v) is 3.72. The first kappa shape index (κ1) is 20.2. The second-order valence-electron chi connectivity index (χ2n) is 6.67. The minimum absolute atomic E-state index is 0.0213. The van der Waals surface area contributed by atoms with Crippen molar-refractivity contribution in [2.75, 3.05) is 17.7 Å². The number of carbonyl (C=O) groups is 2. The van der Waals surface area contributed by atoms with Crippen LogP contribution in [0.4, 0.5) is 10.5 Å². The van der Waals surface area contributed by atoms with E-state index in [2.05, 4.69) is 20.8 Å². The third-order valence-corrected chi connectivity index (χ3v) is 5.33. The first-order chi connectivity index (χ1) is 13.4. The summed E-state index contributed by atoms with van der Waals surface area (Å²) in [6.07, 6.45) is 1.84. The highest BCUT2D eigenvalue weighted by atomic mass is 32.2. The second kappa shape index (κ2) is 9.07. The quantitative estimate of drug-likeness (QED) is 0.631. The number of carbonyl (C=O) groups excluding carboxylic acids is 2. The molecular weight excluding hydrogens is 382 g/mol. The van der Waals surface area contributed by atoms with Gasteiger partial charge in [-0.25, -0.2) is 14.7 Å². The Hall–Kier alpha value is -2.59. The average Bonchev–Trinajstić information content (AvgIpc) is 3.27. The number of hydrogen-bond donors (Lipinski definition) is 3. The van der Waals surface area contributed by atoms with Gasteiger partial charge in [-0.2, -0.15) is 0 Å². The monoisotopic (exact) mass is 405 g/mol. The Morgan fingerprint density at radius 3 is 2.93 bits per heavy atom. The van der Waals surface area contributed by atoms with Gasteiger partial charge in [0.05, 0.1) is 18.4 Å². The van der Waals surface area contributed by atoms with Gasteiger partial charge in [0.1, 0.15) is 0 Å². The zero-order chi connectivity index (χ0) is 20.1. The summed E-state index contributed by atoms with van der Waals surface area (Å²) in [7, 11) is 0. The summed E-state index contributed by atoms with van der Waals surface area (Å²) in [5.74, 6) is -0.526. The van der Waals surface area contributed by atoms with Crippen LogP contribution in [0, 0.1) is 13.8 Å². The standard InChI is InChI=1S/C18H23N5O4S/c1-11-5-6-14(12(2)8-11)19-16(25)20-15(24)10-28-18-22-21-17(26)23(18)9-13-4-3-7-27-13/h5-6,8,13H,3-4,7,9-10H2,1-2H3,(H,21,26)(H2,19,20,24,25)/t13-/m1/s1. The van der Waals surface area contributed by atoms with Crippen LogP contribution in [0.2, 0.25) is 0 Å². The van der Waals surface area contributed by atoms with Crippen molar-refractivity contribution in [1.82, 2.24) is 20.1 Å². The molecule has 1 saturated heterocycles. The molecule has 3 amide bonds. The topological polar surface area (TPSA) is 118 Å². The van der Waals surface area contributed by atoms with E-state index in [1.54, 1.807) is 6.07 Å². The Balaban J connectivity index is 1.51. The van der Waals surface area contributed by atoms with E-state index in [1.165, 1.54) is 4.57 Å². The lowest BCUT2D eigenvalue weighted by Gasteiger charge is -2.11. The van der Waals surface area contributed by atoms with E-state index >= 15 is 0 Å². The Bertz CT molecular complexity index is 917. The molecule has 9 nitrogen and oxygen atoms in total. The van der Waals surface area contributed by atoms with Crippen molar-refractivity contribution < 1.29 is 14.3 Å². The Labute approximate surface area is 166 Å². The van der Waals surface area contributed by atoms with Crippen molar-refractivity contribution >= 4 is 29.4 Å². The minimum Gasteiger partial charge on any atom is -0.376 e. The van der Waals surface area contributed by atoms with Crippen molar-refractivity contribution in [3.8, 4) is 0 Å². The number of hydrogen-bond acceptors (Lipinski definition) is 6. The number of anilines is 1. The molecule has 0 bridgehead atoms. The molecule has 28 heavy (non-hydrogen) atoms. The summed E-state index contributed by atoms with van der Waals surface area (Å²) >= 11 is 1.09. The van der Waals surface area contributed by atoms with Gasteiger partial charge in [-0.05, 0) is 38.3 Å². The van der Waals surface area contributed by atoms with Crippen LogP contribution in [0.3, 0.4) is 0 Å². The number of thioether (sulfide) groups is 1. The SMILES string of the molecule is Cc1ccc(NC(=O)NC(=O)CSc2n[nH]c(=O)n2C[C@H]2CCCO2)c(C)c1. The number of nitrogens with zero attached hydrogens (tertiary/aromatic N) is 2. The maximum Gasteiger partial charge on any atom is 0.344 e. The maximum atomic E-state index is 12.1. The first-order valence-electron chi connectivity index (χ1n) is 9.00. The Morgan fingerprint density at radius 1 is 1.39 bits per heavy atom. The third-order valence-electron chi connectivity index (χ3n) is 4.35. The number of ether oxygens (including phenoxy) is 1. The van der Waals surface area contributed by atoms with Gasteiger partial charge in [-0.1, -0.05) is 29.5 Å². The zero-order valence-electron chi connectivity index (χ0n) is 15.8. The molecule has 0 saturated carbocycles. The second-order valence-corrected chi connectivity index (χ2v) is 7.61. The van der Waals surface area contributed by atoms with Gasteiger partial charge in [-0.15, -0.1) is 5.10 Å². The van der Waals surface area contributed by atoms with Crippen LogP contribution in [-0.4, -0.2) is 45.2 Å². The molecule has 0 unspecified atom stereocenters. The van der Waals surface area contributed by atoms with Gasteiger partial charge in [0.2, 0.25) is 5.91 Å². The van der Waals surface area contributed by atoms with Gasteiger partial charge in [0.15, 0.2) is 5.16 Å². The highest BCUT2D eigenvalue weighted by Gasteiger charge is 2.20. The summed E-state index contributed by atoms with van der Waals surface area (Å²) in [6, 6.07) is 5.01. The number of nitrogens with one attached hydrogen (secondary N) is 3.